The molecule has 1 unspecified atom stereocenters. The highest BCUT2D eigenvalue weighted by Gasteiger charge is 2.18. The molecule has 0 aromatic heterocycles. The summed E-state index contributed by atoms with van der Waals surface area (Å²) in [7, 11) is 0. The van der Waals surface area contributed by atoms with Gasteiger partial charge in [0.1, 0.15) is 0 Å². The van der Waals surface area contributed by atoms with Crippen molar-refractivity contribution in [2.24, 2.45) is 5.73 Å². The predicted octanol–water partition coefficient (Wildman–Crippen LogP) is 2.40. The van der Waals surface area contributed by atoms with Gasteiger partial charge in [0.15, 0.2) is 0 Å². The molecule has 0 saturated carbocycles. The highest BCUT2D eigenvalue weighted by Crippen LogP contribution is 2.15. The van der Waals surface area contributed by atoms with Gasteiger partial charge in [0.05, 0.1) is 5.60 Å². The van der Waals surface area contributed by atoms with Gasteiger partial charge in [0, 0.05) is 25.6 Å². The Bertz CT molecular complexity index is 404. The van der Waals surface area contributed by atoms with Crippen LogP contribution in [0.2, 0.25) is 0 Å². The number of hydrogen-bond acceptors (Lipinski definition) is 3. The lowest BCUT2D eigenvalue weighted by Crippen LogP contribution is -2.40. The maximum atomic E-state index is 11.8. The molecule has 0 radical (unpaired) electrons. The van der Waals surface area contributed by atoms with Crippen LogP contribution < -0.4 is 11.1 Å². The molecule has 0 aliphatic heterocycles. The molecule has 0 aliphatic carbocycles. The van der Waals surface area contributed by atoms with Gasteiger partial charge in [0.2, 0.25) is 5.91 Å². The lowest BCUT2D eigenvalue weighted by Gasteiger charge is -2.25. The van der Waals surface area contributed by atoms with Crippen LogP contribution in [0.25, 0.3) is 0 Å². The van der Waals surface area contributed by atoms with Crippen LogP contribution in [-0.2, 0) is 9.53 Å². The molecule has 1 aromatic carbocycles. The standard InChI is InChI=1S/C16H26N2O2/c1-4-20-16(2,3)12-18-15(19)11-10-14(17)13-8-6-5-7-9-13/h5-9,14H,4,10-12,17H2,1-3H3,(H,18,19). The fraction of sp³-hybridized carbons (Fsp3) is 0.562. The third-order valence-corrected chi connectivity index (χ3v) is 3.16. The first-order chi connectivity index (χ1) is 9.44. The van der Waals surface area contributed by atoms with Crippen LogP contribution in [0.5, 0.6) is 0 Å². The van der Waals surface area contributed by atoms with Crippen molar-refractivity contribution in [1.82, 2.24) is 5.32 Å². The molecule has 0 fully saturated rings. The molecule has 1 rings (SSSR count). The van der Waals surface area contributed by atoms with Gasteiger partial charge >= 0.3 is 0 Å². The lowest BCUT2D eigenvalue weighted by molar-refractivity contribution is -0.122. The van der Waals surface area contributed by atoms with Crippen molar-refractivity contribution in [2.75, 3.05) is 13.2 Å². The van der Waals surface area contributed by atoms with E-state index >= 15 is 0 Å². The Balaban J connectivity index is 2.30. The molecule has 1 aromatic rings. The van der Waals surface area contributed by atoms with Gasteiger partial charge in [-0.3, -0.25) is 4.79 Å². The van der Waals surface area contributed by atoms with Gasteiger partial charge in [-0.15, -0.1) is 0 Å². The van der Waals surface area contributed by atoms with Crippen molar-refractivity contribution in [2.45, 2.75) is 45.3 Å². The molecule has 112 valence electrons. The number of ether oxygens (including phenoxy) is 1. The number of rotatable bonds is 8. The van der Waals surface area contributed by atoms with E-state index in [4.69, 9.17) is 10.5 Å². The number of benzene rings is 1. The first-order valence-electron chi connectivity index (χ1n) is 7.16. The SMILES string of the molecule is CCOC(C)(C)CNC(=O)CCC(N)c1ccccc1. The molecule has 1 amide bonds. The smallest absolute Gasteiger partial charge is 0.220 e. The van der Waals surface area contributed by atoms with Crippen LogP contribution in [-0.4, -0.2) is 24.7 Å². The summed E-state index contributed by atoms with van der Waals surface area (Å²) in [6.07, 6.45) is 1.07. The van der Waals surface area contributed by atoms with E-state index in [-0.39, 0.29) is 17.6 Å². The van der Waals surface area contributed by atoms with E-state index in [0.29, 0.717) is 26.0 Å². The van der Waals surface area contributed by atoms with Gasteiger partial charge < -0.3 is 15.8 Å². The normalized spacial score (nSPS) is 13.0. The molecule has 0 heterocycles. The summed E-state index contributed by atoms with van der Waals surface area (Å²) in [5.74, 6) is 0.0177. The maximum absolute atomic E-state index is 11.8. The Morgan fingerprint density at radius 1 is 1.35 bits per heavy atom. The number of amides is 1. The molecular weight excluding hydrogens is 252 g/mol. The minimum absolute atomic E-state index is 0.0177. The van der Waals surface area contributed by atoms with Crippen molar-refractivity contribution >= 4 is 5.91 Å². The summed E-state index contributed by atoms with van der Waals surface area (Å²) in [5.41, 5.74) is 6.81. The van der Waals surface area contributed by atoms with Crippen LogP contribution >= 0.6 is 0 Å². The van der Waals surface area contributed by atoms with Crippen LogP contribution in [0.3, 0.4) is 0 Å². The Labute approximate surface area is 121 Å². The Kier molecular flexibility index (Phi) is 6.68. The summed E-state index contributed by atoms with van der Waals surface area (Å²) >= 11 is 0. The van der Waals surface area contributed by atoms with Crippen molar-refractivity contribution in [3.63, 3.8) is 0 Å². The second-order valence-corrected chi connectivity index (χ2v) is 5.53. The Hall–Kier alpha value is -1.39. The number of nitrogens with one attached hydrogen (secondary N) is 1. The van der Waals surface area contributed by atoms with E-state index in [1.54, 1.807) is 0 Å². The lowest BCUT2D eigenvalue weighted by atomic mass is 10.0. The van der Waals surface area contributed by atoms with Gasteiger partial charge in [-0.2, -0.15) is 0 Å². The second kappa shape index (κ2) is 8.02. The van der Waals surface area contributed by atoms with Crippen LogP contribution in [0.15, 0.2) is 30.3 Å². The summed E-state index contributed by atoms with van der Waals surface area (Å²) in [6, 6.07) is 9.75. The fourth-order valence-corrected chi connectivity index (χ4v) is 2.00. The van der Waals surface area contributed by atoms with Crippen LogP contribution in [0.1, 0.15) is 45.2 Å². The number of nitrogens with two attached hydrogens (primary N) is 1. The molecule has 0 saturated heterocycles. The summed E-state index contributed by atoms with van der Waals surface area (Å²) in [6.45, 7) is 7.03. The zero-order valence-electron chi connectivity index (χ0n) is 12.7. The van der Waals surface area contributed by atoms with E-state index in [1.807, 2.05) is 51.1 Å². The first kappa shape index (κ1) is 16.7. The molecule has 20 heavy (non-hydrogen) atoms. The molecule has 3 N–H and O–H groups in total. The molecule has 4 heteroatoms. The fourth-order valence-electron chi connectivity index (χ4n) is 2.00. The Morgan fingerprint density at radius 2 is 2.00 bits per heavy atom. The number of carbonyl (C=O) groups excluding carboxylic acids is 1. The summed E-state index contributed by atoms with van der Waals surface area (Å²) < 4.78 is 5.54. The van der Waals surface area contributed by atoms with Gasteiger partial charge in [-0.1, -0.05) is 30.3 Å². The van der Waals surface area contributed by atoms with Crippen molar-refractivity contribution < 1.29 is 9.53 Å². The van der Waals surface area contributed by atoms with E-state index in [1.165, 1.54) is 0 Å². The van der Waals surface area contributed by atoms with Crippen molar-refractivity contribution in [3.8, 4) is 0 Å². The maximum Gasteiger partial charge on any atom is 0.220 e. The molecule has 0 spiro atoms. The second-order valence-electron chi connectivity index (χ2n) is 5.53. The van der Waals surface area contributed by atoms with Crippen molar-refractivity contribution in [3.05, 3.63) is 35.9 Å². The van der Waals surface area contributed by atoms with E-state index in [2.05, 4.69) is 5.32 Å². The predicted molar refractivity (Wildman–Crippen MR) is 81.3 cm³/mol. The minimum Gasteiger partial charge on any atom is -0.374 e. The highest BCUT2D eigenvalue weighted by atomic mass is 16.5. The molecule has 0 aliphatic rings. The van der Waals surface area contributed by atoms with E-state index in [9.17, 15) is 4.79 Å². The van der Waals surface area contributed by atoms with Crippen molar-refractivity contribution in [1.29, 1.82) is 0 Å². The number of hydrogen-bond donors (Lipinski definition) is 2. The minimum atomic E-state index is -0.327. The molecule has 4 nitrogen and oxygen atoms in total. The van der Waals surface area contributed by atoms with E-state index in [0.717, 1.165) is 5.56 Å². The van der Waals surface area contributed by atoms with Gasteiger partial charge in [-0.25, -0.2) is 0 Å². The molecule has 1 atom stereocenters. The summed E-state index contributed by atoms with van der Waals surface area (Å²) in [4.78, 5) is 11.8. The zero-order chi connectivity index (χ0) is 15.0. The third kappa shape index (κ3) is 6.17. The van der Waals surface area contributed by atoms with Crippen LogP contribution in [0.4, 0.5) is 0 Å². The van der Waals surface area contributed by atoms with Crippen LogP contribution in [0, 0.1) is 0 Å². The van der Waals surface area contributed by atoms with Gasteiger partial charge in [-0.05, 0) is 32.8 Å². The number of carbonyl (C=O) groups is 1. The third-order valence-electron chi connectivity index (χ3n) is 3.16. The average molecular weight is 278 g/mol. The average Bonchev–Trinajstić information content (AvgIpc) is 2.43. The summed E-state index contributed by atoms with van der Waals surface area (Å²) in [5, 5.41) is 2.90. The zero-order valence-corrected chi connectivity index (χ0v) is 12.7. The van der Waals surface area contributed by atoms with Gasteiger partial charge in [0.25, 0.3) is 0 Å². The molecule has 0 bridgehead atoms. The first-order valence-corrected chi connectivity index (χ1v) is 7.16. The molecular formula is C16H26N2O2. The highest BCUT2D eigenvalue weighted by molar-refractivity contribution is 5.76. The quantitative estimate of drug-likeness (QED) is 0.767. The van der Waals surface area contributed by atoms with E-state index < -0.39 is 0 Å². The topological polar surface area (TPSA) is 64.3 Å². The Morgan fingerprint density at radius 3 is 2.60 bits per heavy atom. The largest absolute Gasteiger partial charge is 0.374 e. The monoisotopic (exact) mass is 278 g/mol.